The fourth-order valence-electron chi connectivity index (χ4n) is 5.02. The molecule has 1 saturated heterocycles. The molecule has 0 unspecified atom stereocenters. The molecule has 6 nitrogen and oxygen atoms in total. The monoisotopic (exact) mass is 498 g/mol. The Kier molecular flexibility index (Phi) is 7.67. The summed E-state index contributed by atoms with van der Waals surface area (Å²) < 4.78 is 0. The van der Waals surface area contributed by atoms with Crippen LogP contribution in [0.1, 0.15) is 66.8 Å². The molecule has 2 heterocycles. The van der Waals surface area contributed by atoms with Gasteiger partial charge >= 0.3 is 0 Å². The van der Waals surface area contributed by atoms with Crippen LogP contribution in [0.2, 0.25) is 0 Å². The molecule has 0 aliphatic carbocycles. The first-order valence-electron chi connectivity index (χ1n) is 13.0. The van der Waals surface area contributed by atoms with Crippen molar-refractivity contribution in [1.29, 1.82) is 0 Å². The molecule has 2 amide bonds. The Hall–Kier alpha value is -3.67. The lowest BCUT2D eigenvalue weighted by molar-refractivity contribution is -0.123. The lowest BCUT2D eigenvalue weighted by Crippen LogP contribution is -2.46. The normalized spacial score (nSPS) is 17.8. The van der Waals surface area contributed by atoms with Crippen molar-refractivity contribution >= 4 is 23.2 Å². The predicted octanol–water partition coefficient (Wildman–Crippen LogP) is 5.99. The van der Waals surface area contributed by atoms with Crippen molar-refractivity contribution in [2.75, 3.05) is 30.9 Å². The van der Waals surface area contributed by atoms with Gasteiger partial charge in [0.05, 0.1) is 12.0 Å². The number of aryl methyl sites for hydroxylation is 1. The van der Waals surface area contributed by atoms with E-state index in [-0.39, 0.29) is 29.2 Å². The Labute approximate surface area is 220 Å². The molecular formula is C31H38N4O2. The molecule has 1 aliphatic rings. The molecule has 1 aliphatic heterocycles. The highest BCUT2D eigenvalue weighted by molar-refractivity contribution is 5.96. The van der Waals surface area contributed by atoms with E-state index >= 15 is 0 Å². The number of aromatic nitrogens is 1. The van der Waals surface area contributed by atoms with Crippen molar-refractivity contribution < 1.29 is 9.59 Å². The van der Waals surface area contributed by atoms with Gasteiger partial charge in [-0.25, -0.2) is 0 Å². The van der Waals surface area contributed by atoms with Crippen LogP contribution in [-0.4, -0.2) is 42.3 Å². The number of rotatable bonds is 5. The number of amides is 2. The van der Waals surface area contributed by atoms with Crippen LogP contribution in [-0.2, 0) is 10.2 Å². The largest absolute Gasteiger partial charge is 0.378 e. The molecule has 1 fully saturated rings. The van der Waals surface area contributed by atoms with Gasteiger partial charge in [-0.1, -0.05) is 51.1 Å². The van der Waals surface area contributed by atoms with Crippen LogP contribution < -0.4 is 10.2 Å². The average Bonchev–Trinajstić information content (AvgIpc) is 2.88. The highest BCUT2D eigenvalue weighted by Crippen LogP contribution is 2.38. The molecule has 37 heavy (non-hydrogen) atoms. The summed E-state index contributed by atoms with van der Waals surface area (Å²) in [5.41, 5.74) is 5.21. The van der Waals surface area contributed by atoms with Gasteiger partial charge in [-0.15, -0.1) is 0 Å². The van der Waals surface area contributed by atoms with Gasteiger partial charge in [0.2, 0.25) is 5.91 Å². The minimum atomic E-state index is -0.385. The lowest BCUT2D eigenvalue weighted by atomic mass is 9.83. The summed E-state index contributed by atoms with van der Waals surface area (Å²) in [5.74, 6) is -0.583. The Balaban J connectivity index is 1.70. The van der Waals surface area contributed by atoms with Crippen molar-refractivity contribution in [1.82, 2.24) is 9.88 Å². The third-order valence-electron chi connectivity index (χ3n) is 7.19. The van der Waals surface area contributed by atoms with Gasteiger partial charge in [0.15, 0.2) is 0 Å². The molecule has 1 aromatic heterocycles. The minimum absolute atomic E-state index is 0.0218. The first-order valence-corrected chi connectivity index (χ1v) is 13.0. The van der Waals surface area contributed by atoms with Crippen LogP contribution in [0.3, 0.4) is 0 Å². The van der Waals surface area contributed by atoms with Gasteiger partial charge in [0, 0.05) is 38.2 Å². The first kappa shape index (κ1) is 26.4. The van der Waals surface area contributed by atoms with Gasteiger partial charge in [-0.3, -0.25) is 14.6 Å². The number of benzene rings is 2. The number of pyridine rings is 1. The molecule has 1 N–H and O–H groups in total. The number of likely N-dealkylation sites (tertiary alicyclic amines) is 1. The Bertz CT molecular complexity index is 1260. The maximum atomic E-state index is 13.8. The van der Waals surface area contributed by atoms with E-state index in [0.29, 0.717) is 18.7 Å². The zero-order valence-corrected chi connectivity index (χ0v) is 22.8. The summed E-state index contributed by atoms with van der Waals surface area (Å²) >= 11 is 0. The third kappa shape index (κ3) is 5.85. The second kappa shape index (κ2) is 10.8. The summed E-state index contributed by atoms with van der Waals surface area (Å²) in [6, 6.07) is 19.5. The molecule has 6 heteroatoms. The quantitative estimate of drug-likeness (QED) is 0.470. The topological polar surface area (TPSA) is 65.5 Å². The van der Waals surface area contributed by atoms with E-state index in [1.54, 1.807) is 6.20 Å². The number of piperidine rings is 1. The van der Waals surface area contributed by atoms with Gasteiger partial charge in [0.25, 0.3) is 5.91 Å². The van der Waals surface area contributed by atoms with E-state index in [2.05, 4.69) is 37.1 Å². The van der Waals surface area contributed by atoms with E-state index in [1.165, 1.54) is 0 Å². The molecule has 2 aromatic carbocycles. The van der Waals surface area contributed by atoms with Gasteiger partial charge in [0.1, 0.15) is 5.69 Å². The van der Waals surface area contributed by atoms with E-state index < -0.39 is 0 Å². The first-order chi connectivity index (χ1) is 17.6. The van der Waals surface area contributed by atoms with E-state index in [1.807, 2.05) is 85.4 Å². The van der Waals surface area contributed by atoms with Crippen LogP contribution in [0.25, 0.3) is 0 Å². The highest BCUT2D eigenvalue weighted by Gasteiger charge is 2.40. The molecule has 0 bridgehead atoms. The zero-order chi connectivity index (χ0) is 26.7. The maximum Gasteiger partial charge on any atom is 0.273 e. The second-order valence-corrected chi connectivity index (χ2v) is 11.2. The Morgan fingerprint density at radius 2 is 1.76 bits per heavy atom. The van der Waals surface area contributed by atoms with E-state index in [0.717, 1.165) is 34.5 Å². The number of nitrogens with one attached hydrogen (secondary N) is 1. The maximum absolute atomic E-state index is 13.8. The fourth-order valence-corrected chi connectivity index (χ4v) is 5.02. The summed E-state index contributed by atoms with van der Waals surface area (Å²) in [4.78, 5) is 35.8. The number of anilines is 2. The van der Waals surface area contributed by atoms with Crippen LogP contribution in [0.5, 0.6) is 0 Å². The van der Waals surface area contributed by atoms with Crippen LogP contribution >= 0.6 is 0 Å². The standard InChI is InChI=1S/C31H38N4O2/c1-21-10-8-18-32-27(21)30(37)35-19-9-13-26(28(35)22-14-16-25(17-15-22)34(5)6)29(36)33-24-12-7-11-23(20-24)31(2,3)4/h7-8,10-12,14-18,20,26,28H,9,13,19H2,1-6H3,(H,33,36)/t26-,28-/m0/s1. The number of nitrogens with zero attached hydrogens (tertiary/aromatic N) is 3. The van der Waals surface area contributed by atoms with Gasteiger partial charge in [-0.2, -0.15) is 0 Å². The predicted molar refractivity (Wildman–Crippen MR) is 150 cm³/mol. The molecular weight excluding hydrogens is 460 g/mol. The SMILES string of the molecule is Cc1cccnc1C(=O)N1CCC[C@H](C(=O)Nc2cccc(C(C)(C)C)c2)[C@@H]1c1ccc(N(C)C)cc1. The van der Waals surface area contributed by atoms with Gasteiger partial charge < -0.3 is 15.1 Å². The van der Waals surface area contributed by atoms with Crippen molar-refractivity contribution in [3.63, 3.8) is 0 Å². The summed E-state index contributed by atoms with van der Waals surface area (Å²) in [6.45, 7) is 8.96. The highest BCUT2D eigenvalue weighted by atomic mass is 16.2. The van der Waals surface area contributed by atoms with Crippen LogP contribution in [0.15, 0.2) is 66.9 Å². The van der Waals surface area contributed by atoms with Gasteiger partial charge in [-0.05, 0) is 72.2 Å². The Morgan fingerprint density at radius 1 is 1.03 bits per heavy atom. The number of carbonyl (C=O) groups is 2. The number of hydrogen-bond acceptors (Lipinski definition) is 4. The van der Waals surface area contributed by atoms with Crippen molar-refractivity contribution in [3.05, 3.63) is 89.2 Å². The molecule has 4 rings (SSSR count). The second-order valence-electron chi connectivity index (χ2n) is 11.2. The molecule has 0 saturated carbocycles. The molecule has 0 radical (unpaired) electrons. The van der Waals surface area contributed by atoms with Crippen molar-refractivity contribution in [2.45, 2.75) is 52.0 Å². The minimum Gasteiger partial charge on any atom is -0.378 e. The van der Waals surface area contributed by atoms with Crippen LogP contribution in [0, 0.1) is 12.8 Å². The van der Waals surface area contributed by atoms with Crippen molar-refractivity contribution in [3.8, 4) is 0 Å². The van der Waals surface area contributed by atoms with Crippen LogP contribution in [0.4, 0.5) is 11.4 Å². The fraction of sp³-hybridized carbons (Fsp3) is 0.387. The summed E-state index contributed by atoms with van der Waals surface area (Å²) in [6.07, 6.45) is 3.11. The summed E-state index contributed by atoms with van der Waals surface area (Å²) in [5, 5.41) is 3.16. The molecule has 3 aromatic rings. The lowest BCUT2D eigenvalue weighted by Gasteiger charge is -2.41. The summed E-state index contributed by atoms with van der Waals surface area (Å²) in [7, 11) is 3.99. The van der Waals surface area contributed by atoms with Crippen molar-refractivity contribution in [2.24, 2.45) is 5.92 Å². The Morgan fingerprint density at radius 3 is 2.41 bits per heavy atom. The number of hydrogen-bond donors (Lipinski definition) is 1. The molecule has 194 valence electrons. The number of carbonyl (C=O) groups excluding carboxylic acids is 2. The molecule has 0 spiro atoms. The van der Waals surface area contributed by atoms with E-state index in [4.69, 9.17) is 0 Å². The average molecular weight is 499 g/mol. The zero-order valence-electron chi connectivity index (χ0n) is 22.8. The molecule has 2 atom stereocenters. The smallest absolute Gasteiger partial charge is 0.273 e. The van der Waals surface area contributed by atoms with E-state index in [9.17, 15) is 9.59 Å². The third-order valence-corrected chi connectivity index (χ3v) is 7.19.